The Bertz CT molecular complexity index is 720. The highest BCUT2D eigenvalue weighted by molar-refractivity contribution is 7.08. The predicted octanol–water partition coefficient (Wildman–Crippen LogP) is 2.96. The van der Waals surface area contributed by atoms with Gasteiger partial charge >= 0.3 is 5.69 Å². The number of rotatable bonds is 3. The van der Waals surface area contributed by atoms with E-state index in [1.54, 1.807) is 33.7 Å². The van der Waals surface area contributed by atoms with Crippen LogP contribution in [0.2, 0.25) is 0 Å². The number of imidazole rings is 1. The molecule has 0 radical (unpaired) electrons. The zero-order valence-corrected chi connectivity index (χ0v) is 11.4. The number of benzene rings is 1. The van der Waals surface area contributed by atoms with E-state index < -0.39 is 0 Å². The molecule has 0 amide bonds. The van der Waals surface area contributed by atoms with Gasteiger partial charge in [0.25, 0.3) is 0 Å². The Hall–Kier alpha value is -2.07. The van der Waals surface area contributed by atoms with Gasteiger partial charge < -0.3 is 4.57 Å². The molecule has 3 rings (SSSR count). The van der Waals surface area contributed by atoms with Crippen LogP contribution in [0.4, 0.5) is 0 Å². The van der Waals surface area contributed by atoms with E-state index in [1.807, 2.05) is 6.20 Å². The van der Waals surface area contributed by atoms with E-state index in [0.717, 1.165) is 5.56 Å². The van der Waals surface area contributed by atoms with Crippen molar-refractivity contribution >= 4 is 11.3 Å². The second-order valence-corrected chi connectivity index (χ2v) is 5.31. The van der Waals surface area contributed by atoms with Gasteiger partial charge in [-0.15, -0.1) is 0 Å². The van der Waals surface area contributed by atoms with E-state index >= 15 is 0 Å². The lowest BCUT2D eigenvalue weighted by molar-refractivity contribution is 0.718. The quantitative estimate of drug-likeness (QED) is 0.719. The summed E-state index contributed by atoms with van der Waals surface area (Å²) in [5, 5.41) is 4.21. The molecule has 0 saturated carbocycles. The van der Waals surface area contributed by atoms with Crippen molar-refractivity contribution in [2.24, 2.45) is 7.05 Å². The van der Waals surface area contributed by atoms with E-state index in [0.29, 0.717) is 6.54 Å². The van der Waals surface area contributed by atoms with Crippen LogP contribution in [-0.2, 0) is 13.6 Å². The standard InChI is InChI=1S/C15H14N2OS/c1-16-7-8-17(15(16)18)10-12-2-4-13(5-3-12)14-6-9-19-11-14/h2-9,11H,10H2,1H3. The fraction of sp³-hybridized carbons (Fsp3) is 0.133. The van der Waals surface area contributed by atoms with Gasteiger partial charge in [-0.1, -0.05) is 24.3 Å². The third-order valence-electron chi connectivity index (χ3n) is 3.18. The second kappa shape index (κ2) is 4.90. The molecule has 0 bridgehead atoms. The van der Waals surface area contributed by atoms with Crippen molar-refractivity contribution in [1.82, 2.24) is 9.13 Å². The average molecular weight is 270 g/mol. The Labute approximate surface area is 115 Å². The number of aryl methyl sites for hydroxylation is 1. The van der Waals surface area contributed by atoms with Crippen molar-refractivity contribution in [3.05, 3.63) is 69.5 Å². The minimum atomic E-state index is 0.0157. The zero-order valence-electron chi connectivity index (χ0n) is 10.6. The van der Waals surface area contributed by atoms with Crippen molar-refractivity contribution in [3.8, 4) is 11.1 Å². The van der Waals surface area contributed by atoms with Crippen LogP contribution >= 0.6 is 11.3 Å². The Morgan fingerprint density at radius 3 is 2.42 bits per heavy atom. The van der Waals surface area contributed by atoms with Gasteiger partial charge in [0.15, 0.2) is 0 Å². The molecule has 0 N–H and O–H groups in total. The van der Waals surface area contributed by atoms with Crippen LogP contribution in [0.1, 0.15) is 5.56 Å². The van der Waals surface area contributed by atoms with Crippen molar-refractivity contribution in [3.63, 3.8) is 0 Å². The molecule has 3 nitrogen and oxygen atoms in total. The molecule has 3 aromatic rings. The first-order valence-corrected chi connectivity index (χ1v) is 7.01. The molecule has 0 aliphatic carbocycles. The molecular weight excluding hydrogens is 256 g/mol. The molecule has 0 fully saturated rings. The molecule has 0 spiro atoms. The Balaban J connectivity index is 1.84. The maximum absolute atomic E-state index is 11.8. The average Bonchev–Trinajstić information content (AvgIpc) is 3.06. The first kappa shape index (κ1) is 12.0. The number of nitrogens with zero attached hydrogens (tertiary/aromatic N) is 2. The molecule has 2 aromatic heterocycles. The van der Waals surface area contributed by atoms with Gasteiger partial charge in [0, 0.05) is 19.4 Å². The summed E-state index contributed by atoms with van der Waals surface area (Å²) in [4.78, 5) is 11.8. The molecule has 0 saturated heterocycles. The molecule has 0 atom stereocenters. The smallest absolute Gasteiger partial charge is 0.302 e. The molecule has 19 heavy (non-hydrogen) atoms. The van der Waals surface area contributed by atoms with Crippen LogP contribution in [0.5, 0.6) is 0 Å². The van der Waals surface area contributed by atoms with Crippen LogP contribution < -0.4 is 5.69 Å². The van der Waals surface area contributed by atoms with Crippen LogP contribution in [0.25, 0.3) is 11.1 Å². The summed E-state index contributed by atoms with van der Waals surface area (Å²) >= 11 is 1.70. The highest BCUT2D eigenvalue weighted by Gasteiger charge is 2.02. The van der Waals surface area contributed by atoms with Gasteiger partial charge in [-0.2, -0.15) is 11.3 Å². The maximum Gasteiger partial charge on any atom is 0.328 e. The van der Waals surface area contributed by atoms with Crippen molar-refractivity contribution in [2.45, 2.75) is 6.54 Å². The molecule has 96 valence electrons. The first-order chi connectivity index (χ1) is 9.24. The molecule has 4 heteroatoms. The lowest BCUT2D eigenvalue weighted by atomic mass is 10.1. The number of hydrogen-bond donors (Lipinski definition) is 0. The summed E-state index contributed by atoms with van der Waals surface area (Å²) in [6.45, 7) is 0.615. The van der Waals surface area contributed by atoms with Crippen molar-refractivity contribution < 1.29 is 0 Å². The number of aromatic nitrogens is 2. The van der Waals surface area contributed by atoms with Gasteiger partial charge in [-0.3, -0.25) is 4.57 Å². The Morgan fingerprint density at radius 1 is 1.05 bits per heavy atom. The first-order valence-electron chi connectivity index (χ1n) is 6.07. The molecule has 0 aliphatic rings. The summed E-state index contributed by atoms with van der Waals surface area (Å²) in [5.74, 6) is 0. The van der Waals surface area contributed by atoms with Crippen LogP contribution in [0, 0.1) is 0 Å². The summed E-state index contributed by atoms with van der Waals surface area (Å²) in [6, 6.07) is 10.5. The second-order valence-electron chi connectivity index (χ2n) is 4.53. The fourth-order valence-electron chi connectivity index (χ4n) is 2.06. The summed E-state index contributed by atoms with van der Waals surface area (Å²) in [5.41, 5.74) is 3.60. The lowest BCUT2D eigenvalue weighted by Gasteiger charge is -2.03. The largest absolute Gasteiger partial charge is 0.328 e. The van der Waals surface area contributed by atoms with E-state index in [-0.39, 0.29) is 5.69 Å². The van der Waals surface area contributed by atoms with Crippen LogP contribution in [-0.4, -0.2) is 9.13 Å². The van der Waals surface area contributed by atoms with E-state index in [1.165, 1.54) is 11.1 Å². The van der Waals surface area contributed by atoms with Gasteiger partial charge in [0.2, 0.25) is 0 Å². The molecular formula is C15H14N2OS. The zero-order chi connectivity index (χ0) is 13.2. The molecule has 1 aromatic carbocycles. The van der Waals surface area contributed by atoms with Crippen molar-refractivity contribution in [2.75, 3.05) is 0 Å². The van der Waals surface area contributed by atoms with Gasteiger partial charge in [0.05, 0.1) is 6.54 Å². The minimum absolute atomic E-state index is 0.0157. The Morgan fingerprint density at radius 2 is 1.84 bits per heavy atom. The molecule has 0 unspecified atom stereocenters. The third kappa shape index (κ3) is 2.39. The van der Waals surface area contributed by atoms with Gasteiger partial charge in [-0.25, -0.2) is 4.79 Å². The monoisotopic (exact) mass is 270 g/mol. The highest BCUT2D eigenvalue weighted by atomic mass is 32.1. The maximum atomic E-state index is 11.8. The van der Waals surface area contributed by atoms with Gasteiger partial charge in [-0.05, 0) is 33.5 Å². The van der Waals surface area contributed by atoms with E-state index in [4.69, 9.17) is 0 Å². The molecule has 0 aliphatic heterocycles. The van der Waals surface area contributed by atoms with Crippen LogP contribution in [0.15, 0.2) is 58.3 Å². The lowest BCUT2D eigenvalue weighted by Crippen LogP contribution is -2.22. The number of thiophene rings is 1. The summed E-state index contributed by atoms with van der Waals surface area (Å²) < 4.78 is 3.29. The normalized spacial score (nSPS) is 10.8. The van der Waals surface area contributed by atoms with Crippen LogP contribution in [0.3, 0.4) is 0 Å². The highest BCUT2D eigenvalue weighted by Crippen LogP contribution is 2.22. The minimum Gasteiger partial charge on any atom is -0.302 e. The summed E-state index contributed by atoms with van der Waals surface area (Å²) in [7, 11) is 1.76. The van der Waals surface area contributed by atoms with Gasteiger partial charge in [0.1, 0.15) is 0 Å². The van der Waals surface area contributed by atoms with E-state index in [2.05, 4.69) is 41.1 Å². The Kier molecular flexibility index (Phi) is 3.09. The van der Waals surface area contributed by atoms with Crippen molar-refractivity contribution in [1.29, 1.82) is 0 Å². The number of hydrogen-bond acceptors (Lipinski definition) is 2. The topological polar surface area (TPSA) is 26.9 Å². The SMILES string of the molecule is Cn1ccn(Cc2ccc(-c3ccsc3)cc2)c1=O. The fourth-order valence-corrected chi connectivity index (χ4v) is 2.72. The van der Waals surface area contributed by atoms with E-state index in [9.17, 15) is 4.79 Å². The predicted molar refractivity (Wildman–Crippen MR) is 78.5 cm³/mol. The summed E-state index contributed by atoms with van der Waals surface area (Å²) in [6.07, 6.45) is 3.59. The third-order valence-corrected chi connectivity index (χ3v) is 3.86. The molecule has 2 heterocycles.